The lowest BCUT2D eigenvalue weighted by Gasteiger charge is -2.09. The first-order valence-electron chi connectivity index (χ1n) is 9.76. The monoisotopic (exact) mass is 481 g/mol. The van der Waals surface area contributed by atoms with Crippen molar-refractivity contribution in [2.24, 2.45) is 5.10 Å². The van der Waals surface area contributed by atoms with Gasteiger partial charge in [-0.05, 0) is 48.0 Å². The van der Waals surface area contributed by atoms with Gasteiger partial charge < -0.3 is 14.8 Å². The predicted octanol–water partition coefficient (Wildman–Crippen LogP) is 4.64. The number of halogens is 2. The zero-order chi connectivity index (χ0) is 23.2. The summed E-state index contributed by atoms with van der Waals surface area (Å²) >= 11 is 12.2. The molecule has 0 spiro atoms. The summed E-state index contributed by atoms with van der Waals surface area (Å²) in [5.41, 5.74) is 3.84. The molecule has 0 saturated heterocycles. The van der Waals surface area contributed by atoms with E-state index in [0.29, 0.717) is 38.2 Å². The van der Waals surface area contributed by atoms with Crippen LogP contribution in [0.1, 0.15) is 21.5 Å². The molecule has 0 radical (unpaired) electrons. The zero-order valence-corrected chi connectivity index (χ0v) is 18.6. The maximum Gasteiger partial charge on any atom is 0.287 e. The van der Waals surface area contributed by atoms with E-state index in [-0.39, 0.29) is 12.5 Å². The second kappa shape index (κ2) is 10.2. The molecule has 0 aromatic heterocycles. The van der Waals surface area contributed by atoms with Crippen molar-refractivity contribution in [2.75, 3.05) is 6.79 Å². The van der Waals surface area contributed by atoms with E-state index in [4.69, 9.17) is 32.7 Å². The highest BCUT2D eigenvalue weighted by molar-refractivity contribution is 6.38. The van der Waals surface area contributed by atoms with Crippen LogP contribution >= 0.6 is 23.2 Å². The molecule has 0 atom stereocenters. The van der Waals surface area contributed by atoms with Gasteiger partial charge in [-0.1, -0.05) is 53.5 Å². The number of hydrogen-bond donors (Lipinski definition) is 2. The van der Waals surface area contributed by atoms with Crippen LogP contribution in [0, 0.1) is 0 Å². The van der Waals surface area contributed by atoms with Gasteiger partial charge in [0.2, 0.25) is 6.79 Å². The number of benzene rings is 3. The molecule has 1 aliphatic rings. The fourth-order valence-corrected chi connectivity index (χ4v) is 3.46. The Morgan fingerprint density at radius 3 is 2.39 bits per heavy atom. The number of carbonyl (C=O) groups excluding carboxylic acids is 2. The highest BCUT2D eigenvalue weighted by atomic mass is 35.5. The molecule has 0 bridgehead atoms. The van der Waals surface area contributed by atoms with Gasteiger partial charge in [0.15, 0.2) is 11.5 Å². The summed E-state index contributed by atoms with van der Waals surface area (Å²) in [7, 11) is 0. The van der Waals surface area contributed by atoms with E-state index in [0.717, 1.165) is 0 Å². The summed E-state index contributed by atoms with van der Waals surface area (Å²) in [5.74, 6) is 0.0595. The summed E-state index contributed by atoms with van der Waals surface area (Å²) in [4.78, 5) is 25.6. The zero-order valence-electron chi connectivity index (χ0n) is 17.0. The normalized spacial score (nSPS) is 12.6. The maximum absolute atomic E-state index is 12.9. The first-order valence-corrected chi connectivity index (χ1v) is 10.5. The number of rotatable bonds is 6. The molecular weight excluding hydrogens is 465 g/mol. The van der Waals surface area contributed by atoms with E-state index in [9.17, 15) is 9.59 Å². The van der Waals surface area contributed by atoms with Crippen molar-refractivity contribution in [3.63, 3.8) is 0 Å². The fraction of sp³-hybridized carbons (Fsp3) is 0.0417. The number of amides is 2. The van der Waals surface area contributed by atoms with Gasteiger partial charge in [0.1, 0.15) is 5.70 Å². The van der Waals surface area contributed by atoms with E-state index in [1.165, 1.54) is 12.3 Å². The van der Waals surface area contributed by atoms with Crippen LogP contribution in [-0.2, 0) is 4.79 Å². The Bertz CT molecular complexity index is 1240. The quantitative estimate of drug-likeness (QED) is 0.304. The summed E-state index contributed by atoms with van der Waals surface area (Å²) in [6, 6.07) is 18.7. The lowest BCUT2D eigenvalue weighted by atomic mass is 10.1. The maximum atomic E-state index is 12.9. The Hall–Kier alpha value is -3.81. The number of hydrogen-bond acceptors (Lipinski definition) is 5. The molecule has 0 fully saturated rings. The first-order chi connectivity index (χ1) is 16.0. The molecule has 1 heterocycles. The molecule has 166 valence electrons. The Morgan fingerprint density at radius 2 is 1.64 bits per heavy atom. The number of fused-ring (bicyclic) bond motifs is 1. The second-order valence-corrected chi connectivity index (χ2v) is 7.64. The highest BCUT2D eigenvalue weighted by Gasteiger charge is 2.17. The summed E-state index contributed by atoms with van der Waals surface area (Å²) in [6.07, 6.45) is 2.84. The van der Waals surface area contributed by atoms with Gasteiger partial charge in [0, 0.05) is 11.1 Å². The van der Waals surface area contributed by atoms with E-state index in [2.05, 4.69) is 15.8 Å². The number of nitrogens with zero attached hydrogens (tertiary/aromatic N) is 1. The van der Waals surface area contributed by atoms with Crippen molar-refractivity contribution in [2.45, 2.75) is 0 Å². The van der Waals surface area contributed by atoms with Crippen molar-refractivity contribution in [1.82, 2.24) is 10.7 Å². The molecule has 33 heavy (non-hydrogen) atoms. The van der Waals surface area contributed by atoms with Gasteiger partial charge in [-0.15, -0.1) is 0 Å². The standard InChI is InChI=1S/C24H17Cl2N3O4/c25-18-7-4-8-19(26)17(18)13-27-29-24(31)20(28-23(30)16-5-2-1-3-6-16)11-15-9-10-21-22(12-15)33-14-32-21/h1-13H,14H2,(H,28,30)(H,29,31)/b20-11+,27-13+. The minimum atomic E-state index is -0.642. The molecule has 2 N–H and O–H groups in total. The van der Waals surface area contributed by atoms with E-state index >= 15 is 0 Å². The van der Waals surface area contributed by atoms with Crippen molar-refractivity contribution in [1.29, 1.82) is 0 Å². The first kappa shape index (κ1) is 22.4. The van der Waals surface area contributed by atoms with Gasteiger partial charge in [-0.2, -0.15) is 5.10 Å². The second-order valence-electron chi connectivity index (χ2n) is 6.83. The third-order valence-corrected chi connectivity index (χ3v) is 5.26. The molecule has 0 saturated carbocycles. The lowest BCUT2D eigenvalue weighted by Crippen LogP contribution is -2.32. The third kappa shape index (κ3) is 5.52. The number of ether oxygens (including phenoxy) is 2. The van der Waals surface area contributed by atoms with Crippen LogP contribution in [0.25, 0.3) is 6.08 Å². The Kier molecular flexibility index (Phi) is 6.92. The van der Waals surface area contributed by atoms with Crippen LogP contribution in [-0.4, -0.2) is 24.8 Å². The van der Waals surface area contributed by atoms with Crippen LogP contribution in [0.3, 0.4) is 0 Å². The Balaban J connectivity index is 1.58. The molecular formula is C24H17Cl2N3O4. The molecule has 3 aromatic rings. The molecule has 4 rings (SSSR count). The average molecular weight is 482 g/mol. The SMILES string of the molecule is O=C(N/N=C/c1c(Cl)cccc1Cl)/C(=C\c1ccc2c(c1)OCO2)NC(=O)c1ccccc1. The molecule has 1 aliphatic heterocycles. The van der Waals surface area contributed by atoms with Crippen LogP contribution in [0.15, 0.2) is 77.5 Å². The van der Waals surface area contributed by atoms with Crippen LogP contribution in [0.2, 0.25) is 10.0 Å². The van der Waals surface area contributed by atoms with Gasteiger partial charge in [0.25, 0.3) is 11.8 Å². The highest BCUT2D eigenvalue weighted by Crippen LogP contribution is 2.33. The average Bonchev–Trinajstić information content (AvgIpc) is 3.29. The van der Waals surface area contributed by atoms with Gasteiger partial charge in [-0.25, -0.2) is 5.43 Å². The lowest BCUT2D eigenvalue weighted by molar-refractivity contribution is -0.117. The van der Waals surface area contributed by atoms with Crippen molar-refractivity contribution in [3.8, 4) is 11.5 Å². The van der Waals surface area contributed by atoms with Gasteiger partial charge in [-0.3, -0.25) is 9.59 Å². The number of nitrogens with one attached hydrogen (secondary N) is 2. The molecule has 3 aromatic carbocycles. The topological polar surface area (TPSA) is 89.0 Å². The van der Waals surface area contributed by atoms with Crippen molar-refractivity contribution in [3.05, 3.63) is 99.2 Å². The Labute approximate surface area is 199 Å². The van der Waals surface area contributed by atoms with Crippen molar-refractivity contribution >= 4 is 47.3 Å². The Morgan fingerprint density at radius 1 is 0.909 bits per heavy atom. The predicted molar refractivity (Wildman–Crippen MR) is 127 cm³/mol. The van der Waals surface area contributed by atoms with Gasteiger partial charge in [0.05, 0.1) is 16.3 Å². The van der Waals surface area contributed by atoms with Gasteiger partial charge >= 0.3 is 0 Å². The van der Waals surface area contributed by atoms with Crippen LogP contribution < -0.4 is 20.2 Å². The minimum Gasteiger partial charge on any atom is -0.454 e. The molecule has 0 aliphatic carbocycles. The minimum absolute atomic E-state index is 0.0230. The van der Waals surface area contributed by atoms with Crippen LogP contribution in [0.4, 0.5) is 0 Å². The smallest absolute Gasteiger partial charge is 0.287 e. The summed E-state index contributed by atoms with van der Waals surface area (Å²) < 4.78 is 10.7. The van der Waals surface area contributed by atoms with Crippen molar-refractivity contribution < 1.29 is 19.1 Å². The molecule has 7 nitrogen and oxygen atoms in total. The fourth-order valence-electron chi connectivity index (χ4n) is 2.96. The largest absolute Gasteiger partial charge is 0.454 e. The number of carbonyl (C=O) groups is 2. The molecule has 2 amide bonds. The number of hydrazone groups is 1. The summed E-state index contributed by atoms with van der Waals surface area (Å²) in [5, 5.41) is 7.33. The molecule has 0 unspecified atom stereocenters. The van der Waals surface area contributed by atoms with E-state index < -0.39 is 11.8 Å². The summed E-state index contributed by atoms with van der Waals surface area (Å²) in [6.45, 7) is 0.125. The van der Waals surface area contributed by atoms with E-state index in [1.807, 2.05) is 0 Å². The van der Waals surface area contributed by atoms with E-state index in [1.54, 1.807) is 66.7 Å². The molecule has 9 heteroatoms. The van der Waals surface area contributed by atoms with Crippen LogP contribution in [0.5, 0.6) is 11.5 Å². The third-order valence-electron chi connectivity index (χ3n) is 4.60.